The Morgan fingerprint density at radius 3 is 2.27 bits per heavy atom. The molecule has 4 aromatic rings. The lowest BCUT2D eigenvalue weighted by Crippen LogP contribution is -2.31. The molecule has 0 saturated heterocycles. The molecule has 1 amide bonds. The lowest BCUT2D eigenvalue weighted by molar-refractivity contribution is 0.0941. The first-order valence-electron chi connectivity index (χ1n) is 9.51. The minimum Gasteiger partial charge on any atom is -0.457 e. The van der Waals surface area contributed by atoms with Crippen molar-refractivity contribution >= 4 is 17.7 Å². The summed E-state index contributed by atoms with van der Waals surface area (Å²) in [4.78, 5) is 17.1. The third kappa shape index (κ3) is 3.67. The van der Waals surface area contributed by atoms with Gasteiger partial charge in [-0.3, -0.25) is 9.89 Å². The highest BCUT2D eigenvalue weighted by atomic mass is 32.2. The second kappa shape index (κ2) is 8.04. The molecule has 1 aliphatic heterocycles. The van der Waals surface area contributed by atoms with Crippen molar-refractivity contribution in [3.8, 4) is 11.5 Å². The second-order valence-corrected chi connectivity index (χ2v) is 7.82. The zero-order valence-electron chi connectivity index (χ0n) is 15.9. The quantitative estimate of drug-likeness (QED) is 0.462. The van der Waals surface area contributed by atoms with Gasteiger partial charge in [0, 0.05) is 22.4 Å². The van der Waals surface area contributed by atoms with Gasteiger partial charge in [0.25, 0.3) is 5.91 Å². The van der Waals surface area contributed by atoms with Gasteiger partial charge in [-0.15, -0.1) is 0 Å². The van der Waals surface area contributed by atoms with Gasteiger partial charge in [-0.1, -0.05) is 60.3 Å². The number of nitrogens with zero attached hydrogens (tertiary/aromatic N) is 2. The number of H-pyrrole nitrogens is 1. The number of hydrogen-bond donors (Lipinski definition) is 2. The molecule has 30 heavy (non-hydrogen) atoms. The standard InChI is InChI=1S/C23H18N4O2S/c28-22(16-11-9-15(10-12-16)13-30-23-24-14-25-27-23)26-21-17-5-1-3-7-19(17)29-20-8-4-2-6-18(20)21/h1-12,14,21H,13H2,(H,26,28)(H,24,25,27). The number of ether oxygens (including phenoxy) is 1. The van der Waals surface area contributed by atoms with Crippen molar-refractivity contribution in [1.29, 1.82) is 0 Å². The van der Waals surface area contributed by atoms with Gasteiger partial charge in [-0.05, 0) is 29.8 Å². The minimum absolute atomic E-state index is 0.124. The molecule has 2 N–H and O–H groups in total. The van der Waals surface area contributed by atoms with Crippen molar-refractivity contribution in [1.82, 2.24) is 20.5 Å². The normalized spacial score (nSPS) is 12.5. The fourth-order valence-corrected chi connectivity index (χ4v) is 4.18. The van der Waals surface area contributed by atoms with E-state index < -0.39 is 0 Å². The van der Waals surface area contributed by atoms with Crippen LogP contribution in [0, 0.1) is 0 Å². The second-order valence-electron chi connectivity index (χ2n) is 6.86. The van der Waals surface area contributed by atoms with Crippen LogP contribution in [0.1, 0.15) is 33.1 Å². The highest BCUT2D eigenvalue weighted by molar-refractivity contribution is 7.98. The Hall–Kier alpha value is -3.58. The molecular formula is C23H18N4O2S. The number of aromatic nitrogens is 3. The highest BCUT2D eigenvalue weighted by Crippen LogP contribution is 2.42. The third-order valence-corrected chi connectivity index (χ3v) is 5.89. The number of benzene rings is 3. The number of thioether (sulfide) groups is 1. The molecule has 5 rings (SSSR count). The van der Waals surface area contributed by atoms with Crippen molar-refractivity contribution in [3.05, 3.63) is 101 Å². The molecule has 1 aromatic heterocycles. The number of aromatic amines is 1. The predicted octanol–water partition coefficient (Wildman–Crippen LogP) is 4.72. The Morgan fingerprint density at radius 1 is 0.967 bits per heavy atom. The summed E-state index contributed by atoms with van der Waals surface area (Å²) < 4.78 is 6.00. The molecular weight excluding hydrogens is 396 g/mol. The van der Waals surface area contributed by atoms with E-state index in [1.54, 1.807) is 11.8 Å². The molecule has 0 radical (unpaired) electrons. The van der Waals surface area contributed by atoms with Gasteiger partial charge in [-0.2, -0.15) is 5.10 Å². The molecule has 0 unspecified atom stereocenters. The van der Waals surface area contributed by atoms with Gasteiger partial charge in [0.05, 0.1) is 6.04 Å². The van der Waals surface area contributed by atoms with Crippen LogP contribution in [0.5, 0.6) is 11.5 Å². The van der Waals surface area contributed by atoms with E-state index in [4.69, 9.17) is 4.74 Å². The van der Waals surface area contributed by atoms with E-state index in [1.807, 2.05) is 72.8 Å². The van der Waals surface area contributed by atoms with Crippen LogP contribution in [0.15, 0.2) is 84.3 Å². The molecule has 0 spiro atoms. The lowest BCUT2D eigenvalue weighted by Gasteiger charge is -2.28. The van der Waals surface area contributed by atoms with Crippen LogP contribution in [0.25, 0.3) is 0 Å². The number of hydrogen-bond acceptors (Lipinski definition) is 5. The van der Waals surface area contributed by atoms with Crippen molar-refractivity contribution < 1.29 is 9.53 Å². The first-order valence-corrected chi connectivity index (χ1v) is 10.5. The minimum atomic E-state index is -0.264. The number of fused-ring (bicyclic) bond motifs is 2. The average molecular weight is 414 g/mol. The van der Waals surface area contributed by atoms with E-state index in [0.29, 0.717) is 5.56 Å². The molecule has 1 aliphatic rings. The molecule has 0 bridgehead atoms. The summed E-state index contributed by atoms with van der Waals surface area (Å²) in [6.07, 6.45) is 1.49. The molecule has 0 saturated carbocycles. The Morgan fingerprint density at radius 2 is 1.63 bits per heavy atom. The van der Waals surface area contributed by atoms with Crippen molar-refractivity contribution in [2.24, 2.45) is 0 Å². The topological polar surface area (TPSA) is 79.9 Å². The Labute approximate surface area is 177 Å². The van der Waals surface area contributed by atoms with Crippen LogP contribution < -0.4 is 10.1 Å². The summed E-state index contributed by atoms with van der Waals surface area (Å²) in [5, 5.41) is 10.6. The molecule has 0 aliphatic carbocycles. The van der Waals surface area contributed by atoms with Gasteiger partial charge in [0.1, 0.15) is 17.8 Å². The maximum Gasteiger partial charge on any atom is 0.252 e. The van der Waals surface area contributed by atoms with Crippen LogP contribution in [-0.2, 0) is 5.75 Å². The van der Waals surface area contributed by atoms with E-state index in [1.165, 1.54) is 6.33 Å². The average Bonchev–Trinajstić information content (AvgIpc) is 3.31. The van der Waals surface area contributed by atoms with Crippen LogP contribution >= 0.6 is 11.8 Å². The maximum atomic E-state index is 13.0. The summed E-state index contributed by atoms with van der Waals surface area (Å²) in [7, 11) is 0. The van der Waals surface area contributed by atoms with E-state index >= 15 is 0 Å². The summed E-state index contributed by atoms with van der Waals surface area (Å²) >= 11 is 1.56. The van der Waals surface area contributed by atoms with Gasteiger partial charge in [0.15, 0.2) is 5.16 Å². The Kier molecular flexibility index (Phi) is 4.94. The molecule has 2 heterocycles. The third-order valence-electron chi connectivity index (χ3n) is 4.94. The van der Waals surface area contributed by atoms with Crippen LogP contribution in [0.3, 0.4) is 0 Å². The van der Waals surface area contributed by atoms with E-state index in [9.17, 15) is 4.79 Å². The van der Waals surface area contributed by atoms with Crippen LogP contribution in [0.2, 0.25) is 0 Å². The van der Waals surface area contributed by atoms with E-state index in [-0.39, 0.29) is 11.9 Å². The van der Waals surface area contributed by atoms with Crippen molar-refractivity contribution in [2.75, 3.05) is 0 Å². The summed E-state index contributed by atoms with van der Waals surface area (Å²) in [6.45, 7) is 0. The predicted molar refractivity (Wildman–Crippen MR) is 115 cm³/mol. The number of amides is 1. The zero-order chi connectivity index (χ0) is 20.3. The zero-order valence-corrected chi connectivity index (χ0v) is 16.7. The first kappa shape index (κ1) is 18.4. The number of para-hydroxylation sites is 2. The number of carbonyl (C=O) groups is 1. The maximum absolute atomic E-state index is 13.0. The van der Waals surface area contributed by atoms with Crippen LogP contribution in [-0.4, -0.2) is 21.1 Å². The van der Waals surface area contributed by atoms with Crippen molar-refractivity contribution in [3.63, 3.8) is 0 Å². The van der Waals surface area contributed by atoms with E-state index in [2.05, 4.69) is 20.5 Å². The molecule has 148 valence electrons. The van der Waals surface area contributed by atoms with Gasteiger partial charge in [-0.25, -0.2) is 4.98 Å². The lowest BCUT2D eigenvalue weighted by atomic mass is 9.94. The summed E-state index contributed by atoms with van der Waals surface area (Å²) in [5.74, 6) is 2.15. The largest absolute Gasteiger partial charge is 0.457 e. The molecule has 3 aromatic carbocycles. The van der Waals surface area contributed by atoms with Gasteiger partial charge >= 0.3 is 0 Å². The molecule has 7 heteroatoms. The SMILES string of the molecule is O=C(NC1c2ccccc2Oc2ccccc21)c1ccc(CSc2ncn[nH]2)cc1. The number of nitrogens with one attached hydrogen (secondary N) is 2. The fraction of sp³-hybridized carbons (Fsp3) is 0.0870. The Bertz CT molecular complexity index is 1130. The molecule has 0 atom stereocenters. The van der Waals surface area contributed by atoms with Gasteiger partial charge in [0.2, 0.25) is 0 Å². The smallest absolute Gasteiger partial charge is 0.252 e. The fourth-order valence-electron chi connectivity index (χ4n) is 3.45. The molecule has 6 nitrogen and oxygen atoms in total. The van der Waals surface area contributed by atoms with Crippen LogP contribution in [0.4, 0.5) is 0 Å². The summed E-state index contributed by atoms with van der Waals surface area (Å²) in [5.41, 5.74) is 3.62. The summed E-state index contributed by atoms with van der Waals surface area (Å²) in [6, 6.07) is 23.0. The first-order chi connectivity index (χ1) is 14.8. The number of rotatable bonds is 5. The highest BCUT2D eigenvalue weighted by Gasteiger charge is 2.28. The van der Waals surface area contributed by atoms with E-state index in [0.717, 1.165) is 39.1 Å². The van der Waals surface area contributed by atoms with Gasteiger partial charge < -0.3 is 10.1 Å². The monoisotopic (exact) mass is 414 g/mol. The Balaban J connectivity index is 1.34. The number of carbonyl (C=O) groups excluding carboxylic acids is 1. The van der Waals surface area contributed by atoms with Crippen molar-refractivity contribution in [2.45, 2.75) is 17.0 Å². The molecule has 0 fully saturated rings.